The number of sulfonamides is 1. The fraction of sp³-hybridized carbons (Fsp3) is 0.500. The van der Waals surface area contributed by atoms with Crippen molar-refractivity contribution in [3.8, 4) is 5.75 Å². The SMILES string of the molecule is COCCS(=O)(=O)N[C@@H](C)c1ccc(OC(F)F)cc1. The van der Waals surface area contributed by atoms with Gasteiger partial charge in [0.15, 0.2) is 0 Å². The van der Waals surface area contributed by atoms with Crippen LogP contribution in [0.3, 0.4) is 0 Å². The highest BCUT2D eigenvalue weighted by molar-refractivity contribution is 7.89. The number of hydrogen-bond acceptors (Lipinski definition) is 4. The van der Waals surface area contributed by atoms with E-state index in [1.54, 1.807) is 6.92 Å². The minimum Gasteiger partial charge on any atom is -0.435 e. The van der Waals surface area contributed by atoms with Crippen molar-refractivity contribution < 1.29 is 26.7 Å². The van der Waals surface area contributed by atoms with Crippen molar-refractivity contribution in [1.29, 1.82) is 0 Å². The summed E-state index contributed by atoms with van der Waals surface area (Å²) in [6, 6.07) is 5.31. The summed E-state index contributed by atoms with van der Waals surface area (Å²) in [5, 5.41) is 0. The quantitative estimate of drug-likeness (QED) is 0.797. The molecule has 0 spiro atoms. The molecule has 1 aromatic carbocycles. The molecule has 114 valence electrons. The van der Waals surface area contributed by atoms with Gasteiger partial charge in [-0.15, -0.1) is 0 Å². The maximum absolute atomic E-state index is 12.0. The maximum Gasteiger partial charge on any atom is 0.387 e. The Kier molecular flexibility index (Phi) is 6.31. The number of nitrogens with one attached hydrogen (secondary N) is 1. The van der Waals surface area contributed by atoms with E-state index in [0.29, 0.717) is 5.56 Å². The predicted octanol–water partition coefficient (Wildman–Crippen LogP) is 1.91. The molecule has 20 heavy (non-hydrogen) atoms. The Bertz CT molecular complexity index is 505. The minimum absolute atomic E-state index is 0.0261. The van der Waals surface area contributed by atoms with Crippen molar-refractivity contribution in [2.24, 2.45) is 0 Å². The average Bonchev–Trinajstić information content (AvgIpc) is 2.36. The largest absolute Gasteiger partial charge is 0.435 e. The van der Waals surface area contributed by atoms with E-state index in [-0.39, 0.29) is 18.1 Å². The van der Waals surface area contributed by atoms with Gasteiger partial charge in [-0.05, 0) is 24.6 Å². The average molecular weight is 309 g/mol. The minimum atomic E-state index is -3.45. The Morgan fingerprint density at radius 3 is 2.35 bits per heavy atom. The second kappa shape index (κ2) is 7.51. The van der Waals surface area contributed by atoms with Gasteiger partial charge >= 0.3 is 6.61 Å². The van der Waals surface area contributed by atoms with E-state index in [0.717, 1.165) is 0 Å². The number of methoxy groups -OCH3 is 1. The first-order valence-electron chi connectivity index (χ1n) is 5.88. The monoisotopic (exact) mass is 309 g/mol. The van der Waals surface area contributed by atoms with E-state index < -0.39 is 22.7 Å². The summed E-state index contributed by atoms with van der Waals surface area (Å²) in [7, 11) is -2.03. The zero-order valence-electron chi connectivity index (χ0n) is 11.2. The highest BCUT2D eigenvalue weighted by Gasteiger charge is 2.15. The van der Waals surface area contributed by atoms with Crippen LogP contribution in [0.1, 0.15) is 18.5 Å². The van der Waals surface area contributed by atoms with Crippen LogP contribution >= 0.6 is 0 Å². The van der Waals surface area contributed by atoms with Crippen LogP contribution in [0.25, 0.3) is 0 Å². The molecule has 0 radical (unpaired) electrons. The summed E-state index contributed by atoms with van der Waals surface area (Å²) >= 11 is 0. The first kappa shape index (κ1) is 16.8. The van der Waals surface area contributed by atoms with Crippen LogP contribution in [-0.2, 0) is 14.8 Å². The molecule has 0 unspecified atom stereocenters. The maximum atomic E-state index is 12.0. The second-order valence-electron chi connectivity index (χ2n) is 4.10. The van der Waals surface area contributed by atoms with E-state index in [9.17, 15) is 17.2 Å². The van der Waals surface area contributed by atoms with Crippen molar-refractivity contribution >= 4 is 10.0 Å². The lowest BCUT2D eigenvalue weighted by Gasteiger charge is -2.15. The fourth-order valence-electron chi connectivity index (χ4n) is 1.53. The van der Waals surface area contributed by atoms with E-state index >= 15 is 0 Å². The van der Waals surface area contributed by atoms with Crippen LogP contribution in [0.15, 0.2) is 24.3 Å². The molecule has 0 aliphatic carbocycles. The summed E-state index contributed by atoms with van der Waals surface area (Å²) in [6.45, 7) is -1.12. The molecule has 5 nitrogen and oxygen atoms in total. The third-order valence-corrected chi connectivity index (χ3v) is 3.93. The normalized spacial score (nSPS) is 13.4. The van der Waals surface area contributed by atoms with Gasteiger partial charge in [0.25, 0.3) is 0 Å². The van der Waals surface area contributed by atoms with Gasteiger partial charge in [0, 0.05) is 13.2 Å². The number of hydrogen-bond donors (Lipinski definition) is 1. The fourth-order valence-corrected chi connectivity index (χ4v) is 2.71. The third-order valence-electron chi connectivity index (χ3n) is 2.52. The Balaban J connectivity index is 2.65. The Labute approximate surface area is 116 Å². The molecule has 0 heterocycles. The molecule has 1 aromatic rings. The molecule has 1 atom stereocenters. The van der Waals surface area contributed by atoms with E-state index in [1.165, 1.54) is 31.4 Å². The first-order chi connectivity index (χ1) is 9.34. The van der Waals surface area contributed by atoms with Gasteiger partial charge in [0.05, 0.1) is 12.4 Å². The van der Waals surface area contributed by atoms with E-state index in [1.807, 2.05) is 0 Å². The number of halogens is 2. The Morgan fingerprint density at radius 2 is 1.85 bits per heavy atom. The lowest BCUT2D eigenvalue weighted by atomic mass is 10.1. The van der Waals surface area contributed by atoms with Gasteiger partial charge in [0.2, 0.25) is 10.0 Å². The van der Waals surface area contributed by atoms with Crippen LogP contribution in [0.4, 0.5) is 8.78 Å². The first-order valence-corrected chi connectivity index (χ1v) is 7.53. The smallest absolute Gasteiger partial charge is 0.387 e. The summed E-state index contributed by atoms with van der Waals surface area (Å²) in [6.07, 6.45) is 0. The van der Waals surface area contributed by atoms with Gasteiger partial charge in [-0.3, -0.25) is 0 Å². The lowest BCUT2D eigenvalue weighted by molar-refractivity contribution is -0.0498. The van der Waals surface area contributed by atoms with Gasteiger partial charge < -0.3 is 9.47 Å². The Hall–Kier alpha value is -1.25. The van der Waals surface area contributed by atoms with Crippen molar-refractivity contribution in [3.05, 3.63) is 29.8 Å². The van der Waals surface area contributed by atoms with E-state index in [4.69, 9.17) is 4.74 Å². The highest BCUT2D eigenvalue weighted by atomic mass is 32.2. The zero-order chi connectivity index (χ0) is 15.2. The van der Waals surface area contributed by atoms with Gasteiger partial charge in [0.1, 0.15) is 5.75 Å². The summed E-state index contributed by atoms with van der Waals surface area (Å²) < 4.78 is 58.7. The standard InChI is InChI=1S/C12H17F2NO4S/c1-9(15-20(16,17)8-7-18-2)10-3-5-11(6-4-10)19-12(13)14/h3-6,9,12,15H,7-8H2,1-2H3/t9-/m0/s1. The molecule has 0 saturated heterocycles. The van der Waals surface area contributed by atoms with Gasteiger partial charge in [-0.2, -0.15) is 8.78 Å². The van der Waals surface area contributed by atoms with Crippen molar-refractivity contribution in [3.63, 3.8) is 0 Å². The summed E-state index contributed by atoms with van der Waals surface area (Å²) in [5.41, 5.74) is 0.646. The molecule has 0 fully saturated rings. The topological polar surface area (TPSA) is 64.6 Å². The van der Waals surface area contributed by atoms with Gasteiger partial charge in [-0.1, -0.05) is 12.1 Å². The summed E-state index contributed by atoms with van der Waals surface area (Å²) in [5.74, 6) is -0.112. The van der Waals surface area contributed by atoms with Crippen LogP contribution in [0.2, 0.25) is 0 Å². The molecule has 0 saturated carbocycles. The van der Waals surface area contributed by atoms with Crippen molar-refractivity contribution in [2.45, 2.75) is 19.6 Å². The Morgan fingerprint density at radius 1 is 1.25 bits per heavy atom. The van der Waals surface area contributed by atoms with Crippen LogP contribution in [0, 0.1) is 0 Å². The zero-order valence-corrected chi connectivity index (χ0v) is 12.0. The summed E-state index contributed by atoms with van der Waals surface area (Å²) in [4.78, 5) is 0. The number of alkyl halides is 2. The molecule has 8 heteroatoms. The molecule has 0 amide bonds. The van der Waals surface area contributed by atoms with Gasteiger partial charge in [-0.25, -0.2) is 13.1 Å². The van der Waals surface area contributed by atoms with Crippen molar-refractivity contribution in [1.82, 2.24) is 4.72 Å². The molecule has 0 bridgehead atoms. The van der Waals surface area contributed by atoms with E-state index in [2.05, 4.69) is 9.46 Å². The molecular formula is C12H17F2NO4S. The van der Waals surface area contributed by atoms with Crippen LogP contribution in [0.5, 0.6) is 5.75 Å². The molecule has 1 rings (SSSR count). The number of ether oxygens (including phenoxy) is 2. The third kappa shape index (κ3) is 5.81. The second-order valence-corrected chi connectivity index (χ2v) is 5.97. The molecule has 0 aliphatic rings. The number of rotatable bonds is 8. The van der Waals surface area contributed by atoms with Crippen LogP contribution in [-0.4, -0.2) is 34.5 Å². The lowest BCUT2D eigenvalue weighted by Crippen LogP contribution is -2.30. The van der Waals surface area contributed by atoms with Crippen LogP contribution < -0.4 is 9.46 Å². The number of benzene rings is 1. The highest BCUT2D eigenvalue weighted by Crippen LogP contribution is 2.19. The molecule has 0 aromatic heterocycles. The van der Waals surface area contributed by atoms with Crippen molar-refractivity contribution in [2.75, 3.05) is 19.5 Å². The molecule has 1 N–H and O–H groups in total. The predicted molar refractivity (Wildman–Crippen MR) is 70.3 cm³/mol. The molecule has 0 aliphatic heterocycles. The molecular weight excluding hydrogens is 292 g/mol.